The second-order valence-electron chi connectivity index (χ2n) is 8.90. The molecule has 1 aromatic heterocycles. The summed E-state index contributed by atoms with van der Waals surface area (Å²) in [4.78, 5) is 23.9. The Morgan fingerprint density at radius 2 is 1.83 bits per heavy atom. The van der Waals surface area contributed by atoms with Gasteiger partial charge in [0.25, 0.3) is 0 Å². The molecule has 0 aliphatic carbocycles. The van der Waals surface area contributed by atoms with Crippen molar-refractivity contribution in [3.8, 4) is 5.88 Å². The SMILES string of the molecule is Cc1c(Nc2cc(F)c(N3CCOCC3)cc2F)ncnc1OC1CCN(C(=O)OC(C)C)CC1. The average molecular weight is 492 g/mol. The summed E-state index contributed by atoms with van der Waals surface area (Å²) in [7, 11) is 0. The lowest BCUT2D eigenvalue weighted by Gasteiger charge is -2.32. The molecule has 3 heterocycles. The van der Waals surface area contributed by atoms with E-state index in [1.165, 1.54) is 12.4 Å². The molecule has 0 spiro atoms. The van der Waals surface area contributed by atoms with Gasteiger partial charge in [-0.15, -0.1) is 0 Å². The summed E-state index contributed by atoms with van der Waals surface area (Å²) in [6.45, 7) is 8.39. The summed E-state index contributed by atoms with van der Waals surface area (Å²) in [5.41, 5.74) is 0.763. The first-order chi connectivity index (χ1) is 16.8. The smallest absolute Gasteiger partial charge is 0.410 e. The van der Waals surface area contributed by atoms with Crippen molar-refractivity contribution in [2.45, 2.75) is 45.8 Å². The van der Waals surface area contributed by atoms with E-state index < -0.39 is 11.6 Å². The topological polar surface area (TPSA) is 89.1 Å². The van der Waals surface area contributed by atoms with Crippen LogP contribution >= 0.6 is 0 Å². The number of aromatic nitrogens is 2. The van der Waals surface area contributed by atoms with E-state index in [0.717, 1.165) is 6.07 Å². The Morgan fingerprint density at radius 3 is 2.51 bits per heavy atom. The van der Waals surface area contributed by atoms with Crippen LogP contribution < -0.4 is 15.0 Å². The molecule has 2 saturated heterocycles. The second kappa shape index (κ2) is 11.0. The van der Waals surface area contributed by atoms with E-state index in [1.807, 2.05) is 13.8 Å². The minimum atomic E-state index is -0.589. The monoisotopic (exact) mass is 491 g/mol. The van der Waals surface area contributed by atoms with Crippen LogP contribution in [0.1, 0.15) is 32.3 Å². The van der Waals surface area contributed by atoms with E-state index in [0.29, 0.717) is 69.5 Å². The molecule has 190 valence electrons. The highest BCUT2D eigenvalue weighted by atomic mass is 19.1. The van der Waals surface area contributed by atoms with Crippen molar-refractivity contribution >= 4 is 23.3 Å². The predicted octanol–water partition coefficient (Wildman–Crippen LogP) is 4.03. The first kappa shape index (κ1) is 24.9. The molecular weight excluding hydrogens is 460 g/mol. The van der Waals surface area contributed by atoms with Gasteiger partial charge in [-0.2, -0.15) is 0 Å². The average Bonchev–Trinajstić information content (AvgIpc) is 2.84. The van der Waals surface area contributed by atoms with Crippen molar-refractivity contribution < 1.29 is 27.8 Å². The summed E-state index contributed by atoms with van der Waals surface area (Å²) in [6.07, 6.45) is 1.94. The number of hydrogen-bond donors (Lipinski definition) is 1. The van der Waals surface area contributed by atoms with Gasteiger partial charge in [0.15, 0.2) is 0 Å². The Morgan fingerprint density at radius 1 is 1.11 bits per heavy atom. The van der Waals surface area contributed by atoms with Crippen LogP contribution in [0.4, 0.5) is 30.8 Å². The van der Waals surface area contributed by atoms with Crippen LogP contribution in [0.5, 0.6) is 5.88 Å². The number of rotatable bonds is 6. The van der Waals surface area contributed by atoms with Gasteiger partial charge in [0.1, 0.15) is 29.9 Å². The lowest BCUT2D eigenvalue weighted by molar-refractivity contribution is 0.0505. The number of amides is 1. The van der Waals surface area contributed by atoms with Crippen molar-refractivity contribution in [2.24, 2.45) is 0 Å². The molecule has 1 aromatic carbocycles. The normalized spacial score (nSPS) is 17.0. The van der Waals surface area contributed by atoms with Crippen molar-refractivity contribution in [3.05, 3.63) is 35.7 Å². The fourth-order valence-corrected chi connectivity index (χ4v) is 4.08. The van der Waals surface area contributed by atoms with Gasteiger partial charge in [-0.05, 0) is 20.8 Å². The molecule has 2 fully saturated rings. The largest absolute Gasteiger partial charge is 0.474 e. The summed E-state index contributed by atoms with van der Waals surface area (Å²) in [5.74, 6) is -0.433. The van der Waals surface area contributed by atoms with E-state index in [4.69, 9.17) is 14.2 Å². The molecule has 0 atom stereocenters. The molecule has 0 saturated carbocycles. The molecule has 11 heteroatoms. The second-order valence-corrected chi connectivity index (χ2v) is 8.90. The van der Waals surface area contributed by atoms with Gasteiger partial charge in [-0.1, -0.05) is 0 Å². The Kier molecular flexibility index (Phi) is 7.84. The minimum Gasteiger partial charge on any atom is -0.474 e. The molecule has 0 radical (unpaired) electrons. The number of carbonyl (C=O) groups excluding carboxylic acids is 1. The third kappa shape index (κ3) is 6.08. The number of benzene rings is 1. The zero-order valence-corrected chi connectivity index (χ0v) is 20.2. The van der Waals surface area contributed by atoms with Crippen LogP contribution in [-0.4, -0.2) is 72.6 Å². The van der Waals surface area contributed by atoms with Gasteiger partial charge >= 0.3 is 6.09 Å². The van der Waals surface area contributed by atoms with E-state index in [-0.39, 0.29) is 29.7 Å². The fourth-order valence-electron chi connectivity index (χ4n) is 4.08. The number of nitrogens with zero attached hydrogens (tertiary/aromatic N) is 4. The molecule has 2 aliphatic rings. The standard InChI is InChI=1S/C24H31F2N5O4/c1-15(2)34-24(32)31-6-4-17(5-7-31)35-23-16(3)22(27-14-28-23)29-20-12-19(26)21(13-18(20)25)30-8-10-33-11-9-30/h12-15,17H,4-11H2,1-3H3,(H,27,28,29). The highest BCUT2D eigenvalue weighted by Crippen LogP contribution is 2.31. The van der Waals surface area contributed by atoms with Gasteiger partial charge in [-0.25, -0.2) is 23.5 Å². The Hall–Kier alpha value is -3.21. The van der Waals surface area contributed by atoms with Crippen LogP contribution in [0, 0.1) is 18.6 Å². The van der Waals surface area contributed by atoms with Crippen LogP contribution in [0.25, 0.3) is 0 Å². The number of hydrogen-bond acceptors (Lipinski definition) is 8. The number of likely N-dealkylation sites (tertiary alicyclic amines) is 1. The number of nitrogens with one attached hydrogen (secondary N) is 1. The number of piperidine rings is 1. The first-order valence-electron chi connectivity index (χ1n) is 11.8. The van der Waals surface area contributed by atoms with Gasteiger partial charge in [0.05, 0.1) is 36.3 Å². The highest BCUT2D eigenvalue weighted by Gasteiger charge is 2.26. The molecule has 9 nitrogen and oxygen atoms in total. The molecule has 1 N–H and O–H groups in total. The van der Waals surface area contributed by atoms with Crippen molar-refractivity contribution in [2.75, 3.05) is 49.6 Å². The predicted molar refractivity (Wildman–Crippen MR) is 126 cm³/mol. The number of morpholine rings is 1. The first-order valence-corrected chi connectivity index (χ1v) is 11.8. The maximum Gasteiger partial charge on any atom is 0.410 e. The Bertz CT molecular complexity index is 1040. The number of ether oxygens (including phenoxy) is 3. The van der Waals surface area contributed by atoms with Gasteiger partial charge < -0.3 is 29.3 Å². The van der Waals surface area contributed by atoms with Crippen molar-refractivity contribution in [1.29, 1.82) is 0 Å². The molecule has 2 aliphatic heterocycles. The number of halogens is 2. The highest BCUT2D eigenvalue weighted by molar-refractivity contribution is 5.68. The summed E-state index contributed by atoms with van der Waals surface area (Å²) >= 11 is 0. The van der Waals surface area contributed by atoms with Crippen LogP contribution in [0.15, 0.2) is 18.5 Å². The molecule has 1 amide bonds. The molecule has 0 bridgehead atoms. The van der Waals surface area contributed by atoms with Gasteiger partial charge in [0.2, 0.25) is 5.88 Å². The molecule has 2 aromatic rings. The molecule has 0 unspecified atom stereocenters. The van der Waals surface area contributed by atoms with Crippen LogP contribution in [0.2, 0.25) is 0 Å². The summed E-state index contributed by atoms with van der Waals surface area (Å²) < 4.78 is 46.2. The lowest BCUT2D eigenvalue weighted by atomic mass is 10.1. The Balaban J connectivity index is 1.41. The fraction of sp³-hybridized carbons (Fsp3) is 0.542. The van der Waals surface area contributed by atoms with Crippen molar-refractivity contribution in [3.63, 3.8) is 0 Å². The lowest BCUT2D eigenvalue weighted by Crippen LogP contribution is -2.42. The molecular formula is C24H31F2N5O4. The number of anilines is 3. The Labute approximate surface area is 203 Å². The van der Waals surface area contributed by atoms with Crippen LogP contribution in [0.3, 0.4) is 0 Å². The maximum atomic E-state index is 14.9. The van der Waals surface area contributed by atoms with E-state index >= 15 is 0 Å². The van der Waals surface area contributed by atoms with Crippen molar-refractivity contribution in [1.82, 2.24) is 14.9 Å². The minimum absolute atomic E-state index is 0.0239. The third-order valence-corrected chi connectivity index (χ3v) is 5.99. The van der Waals surface area contributed by atoms with E-state index in [9.17, 15) is 13.6 Å². The maximum absolute atomic E-state index is 14.9. The van der Waals surface area contributed by atoms with E-state index in [2.05, 4.69) is 15.3 Å². The summed E-state index contributed by atoms with van der Waals surface area (Å²) in [6, 6.07) is 2.32. The van der Waals surface area contributed by atoms with E-state index in [1.54, 1.807) is 16.7 Å². The quantitative estimate of drug-likeness (QED) is 0.648. The third-order valence-electron chi connectivity index (χ3n) is 5.99. The zero-order valence-electron chi connectivity index (χ0n) is 20.2. The molecule has 35 heavy (non-hydrogen) atoms. The summed E-state index contributed by atoms with van der Waals surface area (Å²) in [5, 5.41) is 2.87. The zero-order chi connectivity index (χ0) is 24.9. The van der Waals surface area contributed by atoms with Gasteiger partial charge in [-0.3, -0.25) is 0 Å². The number of carbonyl (C=O) groups is 1. The van der Waals surface area contributed by atoms with Crippen LogP contribution in [-0.2, 0) is 9.47 Å². The molecule has 4 rings (SSSR count). The van der Waals surface area contributed by atoms with Gasteiger partial charge in [0, 0.05) is 51.2 Å².